The average Bonchev–Trinajstić information content (AvgIpc) is 2.86. The van der Waals surface area contributed by atoms with E-state index in [1.165, 1.54) is 71.1 Å². The summed E-state index contributed by atoms with van der Waals surface area (Å²) < 4.78 is 0. The number of nitrogens with one attached hydrogen (secondary N) is 1. The molecule has 2 nitrogen and oxygen atoms in total. The van der Waals surface area contributed by atoms with Crippen molar-refractivity contribution in [2.45, 2.75) is 51.0 Å². The van der Waals surface area contributed by atoms with E-state index in [2.05, 4.69) is 10.2 Å². The third kappa shape index (κ3) is 3.25. The summed E-state index contributed by atoms with van der Waals surface area (Å²) in [5.41, 5.74) is 0. The largest absolute Gasteiger partial charge is 0.314 e. The second-order valence-electron chi connectivity index (χ2n) is 4.84. The fourth-order valence-electron chi connectivity index (χ4n) is 2.74. The van der Waals surface area contributed by atoms with Crippen molar-refractivity contribution in [2.24, 2.45) is 0 Å². The van der Waals surface area contributed by atoms with Gasteiger partial charge in [0.25, 0.3) is 0 Å². The van der Waals surface area contributed by atoms with Crippen molar-refractivity contribution in [3.05, 3.63) is 0 Å². The maximum Gasteiger partial charge on any atom is 0.00675 e. The third-order valence-corrected chi connectivity index (χ3v) is 3.64. The van der Waals surface area contributed by atoms with Gasteiger partial charge in [-0.1, -0.05) is 6.42 Å². The van der Waals surface area contributed by atoms with Crippen molar-refractivity contribution in [3.8, 4) is 0 Å². The molecule has 2 heterocycles. The molecule has 0 saturated carbocycles. The number of nitrogens with zero attached hydrogens (tertiary/aromatic N) is 1. The van der Waals surface area contributed by atoms with Gasteiger partial charge in [0.05, 0.1) is 0 Å². The lowest BCUT2D eigenvalue weighted by Crippen LogP contribution is -2.23. The molecule has 14 heavy (non-hydrogen) atoms. The topological polar surface area (TPSA) is 15.3 Å². The van der Waals surface area contributed by atoms with Gasteiger partial charge in [-0.2, -0.15) is 0 Å². The molecule has 0 aromatic carbocycles. The van der Waals surface area contributed by atoms with E-state index in [1.54, 1.807) is 0 Å². The molecule has 0 aromatic heterocycles. The highest BCUT2D eigenvalue weighted by atomic mass is 15.1. The molecule has 0 aromatic rings. The smallest absolute Gasteiger partial charge is 0.00675 e. The minimum absolute atomic E-state index is 0.855. The third-order valence-electron chi connectivity index (χ3n) is 3.64. The summed E-state index contributed by atoms with van der Waals surface area (Å²) in [6.07, 6.45) is 9.94. The zero-order chi connectivity index (χ0) is 9.64. The summed E-state index contributed by atoms with van der Waals surface area (Å²) in [5, 5.41) is 3.57. The highest BCUT2D eigenvalue weighted by molar-refractivity contribution is 4.74. The van der Waals surface area contributed by atoms with Crippen LogP contribution in [0.2, 0.25) is 0 Å². The van der Waals surface area contributed by atoms with Crippen LogP contribution < -0.4 is 5.32 Å². The SMILES string of the molecule is C(CCN1CCCC1)C[C@@H]1CCCN1. The minimum Gasteiger partial charge on any atom is -0.314 e. The lowest BCUT2D eigenvalue weighted by atomic mass is 10.1. The van der Waals surface area contributed by atoms with Gasteiger partial charge in [0.15, 0.2) is 0 Å². The van der Waals surface area contributed by atoms with Crippen LogP contribution >= 0.6 is 0 Å². The Morgan fingerprint density at radius 2 is 1.93 bits per heavy atom. The van der Waals surface area contributed by atoms with Crippen LogP contribution in [0, 0.1) is 0 Å². The molecule has 0 radical (unpaired) electrons. The number of hydrogen-bond acceptors (Lipinski definition) is 2. The number of hydrogen-bond donors (Lipinski definition) is 1. The maximum absolute atomic E-state index is 3.57. The van der Waals surface area contributed by atoms with Gasteiger partial charge in [-0.25, -0.2) is 0 Å². The van der Waals surface area contributed by atoms with Crippen LogP contribution in [0.5, 0.6) is 0 Å². The van der Waals surface area contributed by atoms with E-state index in [1.807, 2.05) is 0 Å². The molecule has 1 N–H and O–H groups in total. The fraction of sp³-hybridized carbons (Fsp3) is 1.00. The highest BCUT2D eigenvalue weighted by Gasteiger charge is 2.14. The summed E-state index contributed by atoms with van der Waals surface area (Å²) in [7, 11) is 0. The summed E-state index contributed by atoms with van der Waals surface area (Å²) >= 11 is 0. The Labute approximate surface area is 88.1 Å². The van der Waals surface area contributed by atoms with E-state index < -0.39 is 0 Å². The first kappa shape index (κ1) is 10.4. The molecule has 82 valence electrons. The monoisotopic (exact) mass is 196 g/mol. The minimum atomic E-state index is 0.855. The van der Waals surface area contributed by atoms with Crippen LogP contribution in [0.4, 0.5) is 0 Å². The Balaban J connectivity index is 1.46. The Kier molecular flexibility index (Phi) is 4.26. The normalized spacial score (nSPS) is 28.7. The number of unbranched alkanes of at least 4 members (excludes halogenated alkanes) is 1. The van der Waals surface area contributed by atoms with Crippen molar-refractivity contribution >= 4 is 0 Å². The van der Waals surface area contributed by atoms with E-state index in [-0.39, 0.29) is 0 Å². The Morgan fingerprint density at radius 1 is 1.07 bits per heavy atom. The first-order chi connectivity index (χ1) is 6.95. The molecule has 2 rings (SSSR count). The van der Waals surface area contributed by atoms with Gasteiger partial charge in [-0.3, -0.25) is 0 Å². The molecular formula is C12H24N2. The Hall–Kier alpha value is -0.0800. The highest BCUT2D eigenvalue weighted by Crippen LogP contribution is 2.13. The summed E-state index contributed by atoms with van der Waals surface area (Å²) in [5.74, 6) is 0. The first-order valence-electron chi connectivity index (χ1n) is 6.41. The first-order valence-corrected chi connectivity index (χ1v) is 6.41. The van der Waals surface area contributed by atoms with Gasteiger partial charge in [-0.15, -0.1) is 0 Å². The van der Waals surface area contributed by atoms with Crippen LogP contribution in [0.1, 0.15) is 44.9 Å². The van der Waals surface area contributed by atoms with Crippen molar-refractivity contribution in [2.75, 3.05) is 26.2 Å². The average molecular weight is 196 g/mol. The van der Waals surface area contributed by atoms with E-state index in [0.717, 1.165) is 6.04 Å². The van der Waals surface area contributed by atoms with Gasteiger partial charge in [-0.05, 0) is 64.7 Å². The standard InChI is InChI=1S/C12H24N2/c1(6-12-7-5-8-13-12)2-9-14-10-3-4-11-14/h12-13H,1-11H2/t12-/m1/s1. The quantitative estimate of drug-likeness (QED) is 0.677. The van der Waals surface area contributed by atoms with Crippen LogP contribution in [-0.2, 0) is 0 Å². The van der Waals surface area contributed by atoms with Crippen molar-refractivity contribution in [1.82, 2.24) is 10.2 Å². The van der Waals surface area contributed by atoms with Gasteiger partial charge in [0, 0.05) is 6.04 Å². The Bertz CT molecular complexity index is 128. The predicted octanol–water partition coefficient (Wildman–Crippen LogP) is 2.00. The molecule has 2 heteroatoms. The number of rotatable bonds is 5. The van der Waals surface area contributed by atoms with Crippen molar-refractivity contribution in [1.29, 1.82) is 0 Å². The summed E-state index contributed by atoms with van der Waals surface area (Å²) in [4.78, 5) is 2.63. The molecule has 2 saturated heterocycles. The second-order valence-corrected chi connectivity index (χ2v) is 4.84. The molecule has 2 fully saturated rings. The van der Waals surface area contributed by atoms with Crippen LogP contribution in [-0.4, -0.2) is 37.1 Å². The van der Waals surface area contributed by atoms with Crippen LogP contribution in [0.15, 0.2) is 0 Å². The molecule has 0 spiro atoms. The molecule has 2 aliphatic rings. The van der Waals surface area contributed by atoms with Gasteiger partial charge < -0.3 is 10.2 Å². The Morgan fingerprint density at radius 3 is 2.64 bits per heavy atom. The zero-order valence-corrected chi connectivity index (χ0v) is 9.30. The van der Waals surface area contributed by atoms with E-state index in [9.17, 15) is 0 Å². The molecule has 1 atom stereocenters. The number of likely N-dealkylation sites (tertiary alicyclic amines) is 1. The van der Waals surface area contributed by atoms with Gasteiger partial charge in [0.1, 0.15) is 0 Å². The van der Waals surface area contributed by atoms with E-state index in [4.69, 9.17) is 0 Å². The fourth-order valence-corrected chi connectivity index (χ4v) is 2.74. The second kappa shape index (κ2) is 5.72. The van der Waals surface area contributed by atoms with E-state index >= 15 is 0 Å². The zero-order valence-electron chi connectivity index (χ0n) is 9.30. The molecule has 0 unspecified atom stereocenters. The van der Waals surface area contributed by atoms with Crippen LogP contribution in [0.3, 0.4) is 0 Å². The van der Waals surface area contributed by atoms with Crippen LogP contribution in [0.25, 0.3) is 0 Å². The summed E-state index contributed by atoms with van der Waals surface area (Å²) in [6.45, 7) is 5.34. The summed E-state index contributed by atoms with van der Waals surface area (Å²) in [6, 6.07) is 0.855. The van der Waals surface area contributed by atoms with E-state index in [0.29, 0.717) is 0 Å². The molecular weight excluding hydrogens is 172 g/mol. The van der Waals surface area contributed by atoms with Crippen molar-refractivity contribution in [3.63, 3.8) is 0 Å². The van der Waals surface area contributed by atoms with Gasteiger partial charge >= 0.3 is 0 Å². The predicted molar refractivity (Wildman–Crippen MR) is 60.5 cm³/mol. The lowest BCUT2D eigenvalue weighted by Gasteiger charge is -2.15. The lowest BCUT2D eigenvalue weighted by molar-refractivity contribution is 0.325. The molecule has 0 aliphatic carbocycles. The van der Waals surface area contributed by atoms with Gasteiger partial charge in [0.2, 0.25) is 0 Å². The molecule has 2 aliphatic heterocycles. The maximum atomic E-state index is 3.57. The van der Waals surface area contributed by atoms with Crippen molar-refractivity contribution < 1.29 is 0 Å². The molecule has 0 bridgehead atoms. The molecule has 0 amide bonds.